The Labute approximate surface area is 129 Å². The molecule has 0 bridgehead atoms. The Morgan fingerprint density at radius 1 is 1.43 bits per heavy atom. The molecule has 1 amide bonds. The molecule has 2 N–H and O–H groups in total. The number of nitrogens with one attached hydrogen (secondary N) is 1. The quantitative estimate of drug-likeness (QED) is 0.845. The Morgan fingerprint density at radius 2 is 2.19 bits per heavy atom. The van der Waals surface area contributed by atoms with E-state index < -0.39 is 23.6 Å². The van der Waals surface area contributed by atoms with Crippen LogP contribution < -0.4 is 10.1 Å². The first-order valence-electron chi connectivity index (χ1n) is 6.57. The van der Waals surface area contributed by atoms with Crippen molar-refractivity contribution < 1.29 is 23.8 Å². The second-order valence-corrected chi connectivity index (χ2v) is 5.83. The van der Waals surface area contributed by atoms with E-state index in [2.05, 4.69) is 21.2 Å². The normalized spacial score (nSPS) is 21.0. The summed E-state index contributed by atoms with van der Waals surface area (Å²) < 4.78 is 19.2. The van der Waals surface area contributed by atoms with Gasteiger partial charge >= 0.3 is 5.97 Å². The lowest BCUT2D eigenvalue weighted by Crippen LogP contribution is -2.42. The van der Waals surface area contributed by atoms with Crippen molar-refractivity contribution in [2.24, 2.45) is 5.92 Å². The molecule has 7 heteroatoms. The molecule has 1 fully saturated rings. The number of aliphatic carboxylic acids is 1. The molecule has 1 aromatic rings. The minimum absolute atomic E-state index is 0.0189. The van der Waals surface area contributed by atoms with Crippen molar-refractivity contribution in [1.82, 2.24) is 5.32 Å². The molecule has 0 aromatic heterocycles. The zero-order valence-corrected chi connectivity index (χ0v) is 12.7. The minimum atomic E-state index is -0.905. The molecule has 0 spiro atoms. The summed E-state index contributed by atoms with van der Waals surface area (Å²) >= 11 is 3.12. The molecule has 21 heavy (non-hydrogen) atoms. The third-order valence-corrected chi connectivity index (χ3v) is 3.93. The zero-order valence-electron chi connectivity index (χ0n) is 11.1. The number of hydrogen-bond donors (Lipinski definition) is 2. The van der Waals surface area contributed by atoms with Crippen molar-refractivity contribution in [2.45, 2.75) is 25.3 Å². The van der Waals surface area contributed by atoms with Crippen LogP contribution in [0, 0.1) is 11.7 Å². The van der Waals surface area contributed by atoms with E-state index in [1.165, 1.54) is 12.1 Å². The Morgan fingerprint density at radius 3 is 2.86 bits per heavy atom. The molecule has 0 radical (unpaired) electrons. The number of carbonyl (C=O) groups is 2. The Balaban J connectivity index is 1.86. The van der Waals surface area contributed by atoms with Crippen molar-refractivity contribution in [2.75, 3.05) is 6.61 Å². The Hall–Kier alpha value is -1.63. The van der Waals surface area contributed by atoms with Crippen molar-refractivity contribution in [3.05, 3.63) is 28.5 Å². The summed E-state index contributed by atoms with van der Waals surface area (Å²) in [5, 5.41) is 11.7. The fraction of sp³-hybridized carbons (Fsp3) is 0.429. The summed E-state index contributed by atoms with van der Waals surface area (Å²) in [6.07, 6.45) is 1.96. The maximum Gasteiger partial charge on any atom is 0.308 e. The number of halogens is 2. The van der Waals surface area contributed by atoms with E-state index in [0.717, 1.165) is 6.42 Å². The minimum Gasteiger partial charge on any atom is -0.481 e. The summed E-state index contributed by atoms with van der Waals surface area (Å²) in [6, 6.07) is 3.88. The lowest BCUT2D eigenvalue weighted by molar-refractivity contribution is -0.142. The van der Waals surface area contributed by atoms with Gasteiger partial charge in [0.05, 0.1) is 5.92 Å². The average molecular weight is 360 g/mol. The molecule has 1 aliphatic rings. The lowest BCUT2D eigenvalue weighted by atomic mass is 10.0. The highest BCUT2D eigenvalue weighted by atomic mass is 79.9. The van der Waals surface area contributed by atoms with Gasteiger partial charge in [-0.3, -0.25) is 9.59 Å². The Bertz CT molecular complexity index is 552. The van der Waals surface area contributed by atoms with Gasteiger partial charge in [-0.15, -0.1) is 0 Å². The number of carboxylic acid groups (broad SMARTS) is 1. The van der Waals surface area contributed by atoms with Crippen molar-refractivity contribution >= 4 is 27.8 Å². The summed E-state index contributed by atoms with van der Waals surface area (Å²) in [6.45, 7) is -0.346. The fourth-order valence-electron chi connectivity index (χ4n) is 2.41. The maximum absolute atomic E-state index is 13.5. The first-order chi connectivity index (χ1) is 9.97. The van der Waals surface area contributed by atoms with Gasteiger partial charge in [0.25, 0.3) is 5.91 Å². The molecule has 2 atom stereocenters. The summed E-state index contributed by atoms with van der Waals surface area (Å²) in [5.74, 6) is -2.50. The number of amides is 1. The molecule has 2 rings (SSSR count). The van der Waals surface area contributed by atoms with E-state index in [1.54, 1.807) is 6.07 Å². The van der Waals surface area contributed by atoms with Gasteiger partial charge in [0.15, 0.2) is 18.2 Å². The van der Waals surface area contributed by atoms with Crippen LogP contribution in [0.3, 0.4) is 0 Å². The maximum atomic E-state index is 13.5. The van der Waals surface area contributed by atoms with Crippen LogP contribution in [-0.4, -0.2) is 29.6 Å². The molecule has 1 saturated carbocycles. The smallest absolute Gasteiger partial charge is 0.308 e. The molecular formula is C14H15BrFNO4. The van der Waals surface area contributed by atoms with Crippen LogP contribution in [-0.2, 0) is 9.59 Å². The number of hydrogen-bond acceptors (Lipinski definition) is 3. The van der Waals surface area contributed by atoms with Crippen LogP contribution in [0.15, 0.2) is 22.7 Å². The molecule has 0 unspecified atom stereocenters. The van der Waals surface area contributed by atoms with Gasteiger partial charge in [0, 0.05) is 10.5 Å². The molecule has 5 nitrogen and oxygen atoms in total. The number of carboxylic acids is 1. The molecular weight excluding hydrogens is 345 g/mol. The van der Waals surface area contributed by atoms with Gasteiger partial charge in [0.1, 0.15) is 0 Å². The lowest BCUT2D eigenvalue weighted by Gasteiger charge is -2.17. The molecule has 0 heterocycles. The van der Waals surface area contributed by atoms with Crippen LogP contribution in [0.2, 0.25) is 0 Å². The van der Waals surface area contributed by atoms with Crippen molar-refractivity contribution in [3.8, 4) is 5.75 Å². The van der Waals surface area contributed by atoms with Crippen molar-refractivity contribution in [1.29, 1.82) is 0 Å². The second-order valence-electron chi connectivity index (χ2n) is 4.91. The summed E-state index contributed by atoms with van der Waals surface area (Å²) in [7, 11) is 0. The number of ether oxygens (including phenoxy) is 1. The fourth-order valence-corrected chi connectivity index (χ4v) is 2.75. The van der Waals surface area contributed by atoms with E-state index in [9.17, 15) is 14.0 Å². The summed E-state index contributed by atoms with van der Waals surface area (Å²) in [4.78, 5) is 22.8. The second kappa shape index (κ2) is 6.89. The number of carbonyl (C=O) groups excluding carboxylic acids is 1. The van der Waals surface area contributed by atoms with Gasteiger partial charge in [-0.1, -0.05) is 22.4 Å². The van der Waals surface area contributed by atoms with E-state index in [1.807, 2.05) is 0 Å². The molecule has 0 saturated heterocycles. The van der Waals surface area contributed by atoms with Crippen LogP contribution in [0.25, 0.3) is 0 Å². The van der Waals surface area contributed by atoms with Crippen LogP contribution in [0.1, 0.15) is 19.3 Å². The van der Waals surface area contributed by atoms with E-state index in [0.29, 0.717) is 17.3 Å². The topological polar surface area (TPSA) is 75.6 Å². The van der Waals surface area contributed by atoms with Gasteiger partial charge in [-0.2, -0.15) is 0 Å². The third-order valence-electron chi connectivity index (χ3n) is 3.43. The first kappa shape index (κ1) is 15.8. The largest absolute Gasteiger partial charge is 0.481 e. The van der Waals surface area contributed by atoms with E-state index in [4.69, 9.17) is 9.84 Å². The SMILES string of the molecule is O=C(COc1ccc(Br)cc1F)N[C@H]1CCC[C@H]1C(=O)O. The molecule has 1 aromatic carbocycles. The van der Waals surface area contributed by atoms with E-state index in [-0.39, 0.29) is 18.4 Å². The van der Waals surface area contributed by atoms with Crippen molar-refractivity contribution in [3.63, 3.8) is 0 Å². The van der Waals surface area contributed by atoms with Gasteiger partial charge in [-0.25, -0.2) is 4.39 Å². The van der Waals surface area contributed by atoms with Gasteiger partial charge in [0.2, 0.25) is 0 Å². The number of rotatable bonds is 5. The van der Waals surface area contributed by atoms with Crippen LogP contribution >= 0.6 is 15.9 Å². The number of benzene rings is 1. The highest BCUT2D eigenvalue weighted by molar-refractivity contribution is 9.10. The predicted octanol–water partition coefficient (Wildman–Crippen LogP) is 2.34. The summed E-state index contributed by atoms with van der Waals surface area (Å²) in [5.41, 5.74) is 0. The standard InChI is InChI=1S/C14H15BrFNO4/c15-8-4-5-12(10(16)6-8)21-7-13(18)17-11-3-1-2-9(11)14(19)20/h4-6,9,11H,1-3,7H2,(H,17,18)(H,19,20)/t9-,11+/m1/s1. The van der Waals surface area contributed by atoms with Gasteiger partial charge < -0.3 is 15.2 Å². The van der Waals surface area contributed by atoms with Crippen LogP contribution in [0.5, 0.6) is 5.75 Å². The molecule has 0 aliphatic heterocycles. The third kappa shape index (κ3) is 4.17. The predicted molar refractivity (Wildman–Crippen MR) is 76.5 cm³/mol. The Kier molecular flexibility index (Phi) is 5.17. The van der Waals surface area contributed by atoms with Gasteiger partial charge in [-0.05, 0) is 31.0 Å². The molecule has 1 aliphatic carbocycles. The molecule has 114 valence electrons. The van der Waals surface area contributed by atoms with Crippen LogP contribution in [0.4, 0.5) is 4.39 Å². The first-order valence-corrected chi connectivity index (χ1v) is 7.36. The highest BCUT2D eigenvalue weighted by Gasteiger charge is 2.33. The van der Waals surface area contributed by atoms with E-state index >= 15 is 0 Å². The zero-order chi connectivity index (χ0) is 15.4. The average Bonchev–Trinajstić information content (AvgIpc) is 2.86. The highest BCUT2D eigenvalue weighted by Crippen LogP contribution is 2.26. The monoisotopic (exact) mass is 359 g/mol.